The second-order valence-electron chi connectivity index (χ2n) is 6.61. The smallest absolute Gasteiger partial charge is 0.272 e. The fraction of sp³-hybridized carbons (Fsp3) is 0.316. The van der Waals surface area contributed by atoms with E-state index in [1.807, 2.05) is 47.0 Å². The van der Waals surface area contributed by atoms with Gasteiger partial charge in [0.05, 0.1) is 16.6 Å². The first-order valence-electron chi connectivity index (χ1n) is 8.88. The van der Waals surface area contributed by atoms with Crippen LogP contribution in [0.25, 0.3) is 11.4 Å². The lowest BCUT2D eigenvalue weighted by molar-refractivity contribution is 0.0731. The van der Waals surface area contributed by atoms with Crippen molar-refractivity contribution in [1.29, 1.82) is 0 Å². The molecule has 1 aliphatic rings. The molecule has 4 rings (SSSR count). The van der Waals surface area contributed by atoms with Gasteiger partial charge in [-0.1, -0.05) is 0 Å². The molecule has 1 aliphatic heterocycles. The van der Waals surface area contributed by atoms with Crippen molar-refractivity contribution in [2.75, 3.05) is 13.6 Å². The van der Waals surface area contributed by atoms with E-state index < -0.39 is 0 Å². The number of aromatic amines is 1. The Bertz CT molecular complexity index is 986. The van der Waals surface area contributed by atoms with E-state index in [4.69, 9.17) is 0 Å². The minimum Gasteiger partial charge on any atom is -0.354 e. The van der Waals surface area contributed by atoms with Gasteiger partial charge >= 0.3 is 0 Å². The van der Waals surface area contributed by atoms with E-state index in [1.54, 1.807) is 13.1 Å². The molecule has 2 N–H and O–H groups in total. The van der Waals surface area contributed by atoms with Crippen LogP contribution in [0.5, 0.6) is 0 Å². The molecular formula is C19H21N5O2S. The van der Waals surface area contributed by atoms with Crippen LogP contribution in [-0.4, -0.2) is 45.1 Å². The van der Waals surface area contributed by atoms with E-state index in [2.05, 4.69) is 15.5 Å². The van der Waals surface area contributed by atoms with Crippen molar-refractivity contribution in [3.8, 4) is 11.4 Å². The standard InChI is InChI=1S/C19H21N5O2S/c1-20-18(25)17-8-7-16(27-17)15-6-4-10-24(15)19(26)13-11-12(21-22-13)14-5-3-9-23(14)2/h3,5,7-9,11,15H,4,6,10H2,1-2H3,(H,20,25)(H,21,22). The quantitative estimate of drug-likeness (QED) is 0.727. The molecule has 27 heavy (non-hydrogen) atoms. The minimum absolute atomic E-state index is 0.00249. The minimum atomic E-state index is -0.0945. The Morgan fingerprint density at radius 1 is 1.33 bits per heavy atom. The molecule has 0 aromatic carbocycles. The lowest BCUT2D eigenvalue weighted by Crippen LogP contribution is -2.30. The van der Waals surface area contributed by atoms with Crippen LogP contribution in [0.15, 0.2) is 36.5 Å². The molecule has 3 aromatic heterocycles. The summed E-state index contributed by atoms with van der Waals surface area (Å²) < 4.78 is 1.97. The maximum atomic E-state index is 13.1. The number of nitrogens with zero attached hydrogens (tertiary/aromatic N) is 3. The van der Waals surface area contributed by atoms with Crippen molar-refractivity contribution in [3.63, 3.8) is 0 Å². The molecule has 0 radical (unpaired) electrons. The van der Waals surface area contributed by atoms with Gasteiger partial charge in [0.25, 0.3) is 11.8 Å². The van der Waals surface area contributed by atoms with Crippen LogP contribution in [-0.2, 0) is 7.05 Å². The number of thiophene rings is 1. The SMILES string of the molecule is CNC(=O)c1ccc(C2CCCN2C(=O)c2cc(-c3cccn3C)n[nH]2)s1. The van der Waals surface area contributed by atoms with Crippen LogP contribution >= 0.6 is 11.3 Å². The molecule has 140 valence electrons. The van der Waals surface area contributed by atoms with Crippen molar-refractivity contribution in [2.24, 2.45) is 7.05 Å². The number of amides is 2. The van der Waals surface area contributed by atoms with E-state index in [-0.39, 0.29) is 17.9 Å². The molecule has 8 heteroatoms. The monoisotopic (exact) mass is 383 g/mol. The van der Waals surface area contributed by atoms with E-state index in [9.17, 15) is 9.59 Å². The fourth-order valence-corrected chi connectivity index (χ4v) is 4.63. The normalized spacial score (nSPS) is 16.7. The van der Waals surface area contributed by atoms with Crippen molar-refractivity contribution < 1.29 is 9.59 Å². The summed E-state index contributed by atoms with van der Waals surface area (Å²) in [7, 11) is 3.57. The maximum absolute atomic E-state index is 13.1. The Hall–Kier alpha value is -2.87. The molecule has 7 nitrogen and oxygen atoms in total. The highest BCUT2D eigenvalue weighted by Crippen LogP contribution is 2.37. The van der Waals surface area contributed by atoms with Gasteiger partial charge in [-0.15, -0.1) is 11.3 Å². The lowest BCUT2D eigenvalue weighted by Gasteiger charge is -2.23. The summed E-state index contributed by atoms with van der Waals surface area (Å²) in [5.41, 5.74) is 2.19. The molecule has 1 unspecified atom stereocenters. The molecule has 2 amide bonds. The lowest BCUT2D eigenvalue weighted by atomic mass is 10.1. The maximum Gasteiger partial charge on any atom is 0.272 e. The number of H-pyrrole nitrogens is 1. The van der Waals surface area contributed by atoms with Crippen molar-refractivity contribution >= 4 is 23.2 Å². The Balaban J connectivity index is 1.56. The first-order valence-corrected chi connectivity index (χ1v) is 9.70. The average Bonchev–Trinajstić information content (AvgIpc) is 3.45. The van der Waals surface area contributed by atoms with Gasteiger partial charge in [0, 0.05) is 31.7 Å². The Labute approximate surface area is 161 Å². The number of likely N-dealkylation sites (tertiary alicyclic amines) is 1. The van der Waals surface area contributed by atoms with Gasteiger partial charge in [0.15, 0.2) is 0 Å². The molecular weight excluding hydrogens is 362 g/mol. The van der Waals surface area contributed by atoms with Crippen LogP contribution in [0, 0.1) is 0 Å². The fourth-order valence-electron chi connectivity index (χ4n) is 3.53. The molecule has 1 saturated heterocycles. The highest BCUT2D eigenvalue weighted by atomic mass is 32.1. The number of rotatable bonds is 4. The molecule has 4 heterocycles. The van der Waals surface area contributed by atoms with Crippen LogP contribution < -0.4 is 5.32 Å². The second kappa shape index (κ2) is 7.03. The third-order valence-corrected chi connectivity index (χ3v) is 6.12. The number of aryl methyl sites for hydroxylation is 1. The number of hydrogen-bond acceptors (Lipinski definition) is 4. The van der Waals surface area contributed by atoms with Crippen molar-refractivity contribution in [2.45, 2.75) is 18.9 Å². The van der Waals surface area contributed by atoms with Crippen LogP contribution in [0.4, 0.5) is 0 Å². The van der Waals surface area contributed by atoms with Gasteiger partial charge in [0.2, 0.25) is 0 Å². The highest BCUT2D eigenvalue weighted by Gasteiger charge is 2.32. The second-order valence-corrected chi connectivity index (χ2v) is 7.72. The summed E-state index contributed by atoms with van der Waals surface area (Å²) in [4.78, 5) is 28.5. The number of nitrogens with one attached hydrogen (secondary N) is 2. The van der Waals surface area contributed by atoms with Crippen LogP contribution in [0.1, 0.15) is 43.9 Å². The van der Waals surface area contributed by atoms with E-state index >= 15 is 0 Å². The molecule has 1 atom stereocenters. The Morgan fingerprint density at radius 2 is 2.19 bits per heavy atom. The number of carbonyl (C=O) groups excluding carboxylic acids is 2. The van der Waals surface area contributed by atoms with E-state index in [0.29, 0.717) is 17.1 Å². The topological polar surface area (TPSA) is 83.0 Å². The molecule has 0 spiro atoms. The van der Waals surface area contributed by atoms with Gasteiger partial charge in [-0.3, -0.25) is 14.7 Å². The number of aromatic nitrogens is 3. The Kier molecular flexibility index (Phi) is 4.57. The van der Waals surface area contributed by atoms with Gasteiger partial charge in [-0.05, 0) is 43.2 Å². The number of hydrogen-bond donors (Lipinski definition) is 2. The predicted octanol–water partition coefficient (Wildman–Crippen LogP) is 2.81. The van der Waals surface area contributed by atoms with Gasteiger partial charge < -0.3 is 14.8 Å². The Morgan fingerprint density at radius 3 is 2.93 bits per heavy atom. The summed E-state index contributed by atoms with van der Waals surface area (Å²) in [6.45, 7) is 0.704. The summed E-state index contributed by atoms with van der Waals surface area (Å²) >= 11 is 1.45. The zero-order valence-corrected chi connectivity index (χ0v) is 16.0. The first kappa shape index (κ1) is 17.5. The van der Waals surface area contributed by atoms with Crippen LogP contribution in [0.2, 0.25) is 0 Å². The zero-order chi connectivity index (χ0) is 19.0. The molecule has 0 aliphatic carbocycles. The molecule has 0 bridgehead atoms. The van der Waals surface area contributed by atoms with Crippen molar-refractivity contribution in [3.05, 3.63) is 52.0 Å². The molecule has 0 saturated carbocycles. The molecule has 3 aromatic rings. The highest BCUT2D eigenvalue weighted by molar-refractivity contribution is 7.14. The van der Waals surface area contributed by atoms with E-state index in [0.717, 1.165) is 29.1 Å². The zero-order valence-electron chi connectivity index (χ0n) is 15.2. The summed E-state index contributed by atoms with van der Waals surface area (Å²) in [5, 5.41) is 9.83. The number of carbonyl (C=O) groups is 2. The van der Waals surface area contributed by atoms with Crippen molar-refractivity contribution in [1.82, 2.24) is 25.0 Å². The molecule has 1 fully saturated rings. The van der Waals surface area contributed by atoms with Crippen LogP contribution in [0.3, 0.4) is 0 Å². The largest absolute Gasteiger partial charge is 0.354 e. The van der Waals surface area contributed by atoms with Gasteiger partial charge in [-0.25, -0.2) is 0 Å². The summed E-state index contributed by atoms with van der Waals surface area (Å²) in [6, 6.07) is 9.50. The average molecular weight is 383 g/mol. The summed E-state index contributed by atoms with van der Waals surface area (Å²) in [5.74, 6) is -0.150. The summed E-state index contributed by atoms with van der Waals surface area (Å²) in [6.07, 6.45) is 3.80. The predicted molar refractivity (Wildman–Crippen MR) is 104 cm³/mol. The third-order valence-electron chi connectivity index (χ3n) is 4.93. The third kappa shape index (κ3) is 3.16. The van der Waals surface area contributed by atoms with Gasteiger partial charge in [-0.2, -0.15) is 5.10 Å². The van der Waals surface area contributed by atoms with E-state index in [1.165, 1.54) is 11.3 Å². The van der Waals surface area contributed by atoms with Gasteiger partial charge in [0.1, 0.15) is 11.4 Å². The first-order chi connectivity index (χ1) is 13.1.